The van der Waals surface area contributed by atoms with Crippen LogP contribution in [-0.4, -0.2) is 80.9 Å². The Balaban J connectivity index is 0.911. The fourth-order valence-corrected chi connectivity index (χ4v) is 10.1. The number of ether oxygens (including phenoxy) is 1. The van der Waals surface area contributed by atoms with E-state index in [2.05, 4.69) is 36.8 Å². The minimum absolute atomic E-state index is 0.0312. The van der Waals surface area contributed by atoms with E-state index in [9.17, 15) is 14.4 Å². The van der Waals surface area contributed by atoms with Crippen LogP contribution in [-0.2, 0) is 23.7 Å². The molecule has 5 aromatic rings. The summed E-state index contributed by atoms with van der Waals surface area (Å²) >= 11 is 6.72. The number of carbonyl (C=O) groups is 2. The van der Waals surface area contributed by atoms with Crippen molar-refractivity contribution < 1.29 is 23.1 Å². The Morgan fingerprint density at radius 1 is 0.983 bits per heavy atom. The van der Waals surface area contributed by atoms with E-state index < -0.39 is 30.0 Å². The topological polar surface area (TPSA) is 152 Å². The number of alkyl halides is 2. The summed E-state index contributed by atoms with van der Waals surface area (Å²) in [5, 5.41) is 15.5. The number of imide groups is 1. The summed E-state index contributed by atoms with van der Waals surface area (Å²) in [6, 6.07) is 10.4. The lowest BCUT2D eigenvalue weighted by Gasteiger charge is -2.49. The Hall–Kier alpha value is -5.51. The van der Waals surface area contributed by atoms with Gasteiger partial charge in [-0.05, 0) is 75.1 Å². The molecule has 14 nitrogen and oxygen atoms in total. The number of anilines is 5. The van der Waals surface area contributed by atoms with Gasteiger partial charge in [-0.1, -0.05) is 23.7 Å². The number of hydrogen-bond donors (Lipinski definition) is 3. The number of pyridine rings is 1. The molecular formula is C42H45ClF2N10O4. The molecule has 0 radical (unpaired) electrons. The van der Waals surface area contributed by atoms with Crippen LogP contribution in [0.5, 0.6) is 5.75 Å². The number of nitrogens with zero attached hydrogens (tertiary/aromatic N) is 7. The molecular weight excluding hydrogens is 782 g/mol. The summed E-state index contributed by atoms with van der Waals surface area (Å²) in [6.07, 6.45) is 7.79. The highest BCUT2D eigenvalue weighted by Crippen LogP contribution is 2.47. The summed E-state index contributed by atoms with van der Waals surface area (Å²) in [6.45, 7) is 2.39. The number of amides is 2. The Bertz CT molecular complexity index is 2610. The van der Waals surface area contributed by atoms with Gasteiger partial charge in [0.05, 0.1) is 46.3 Å². The second-order valence-corrected chi connectivity index (χ2v) is 17.4. The van der Waals surface area contributed by atoms with Gasteiger partial charge in [-0.25, -0.2) is 13.8 Å². The van der Waals surface area contributed by atoms with E-state index in [0.29, 0.717) is 64.8 Å². The average molecular weight is 827 g/mol. The van der Waals surface area contributed by atoms with Crippen LogP contribution in [0, 0.1) is 11.3 Å². The molecule has 59 heavy (non-hydrogen) atoms. The van der Waals surface area contributed by atoms with Crippen molar-refractivity contribution in [3.63, 3.8) is 0 Å². The summed E-state index contributed by atoms with van der Waals surface area (Å²) in [7, 11) is 3.52. The van der Waals surface area contributed by atoms with Gasteiger partial charge in [0.25, 0.3) is 5.56 Å². The lowest BCUT2D eigenvalue weighted by Crippen LogP contribution is -2.53. The number of para-hydroxylation sites is 1. The number of nitrogens with one attached hydrogen (secondary N) is 3. The molecule has 5 aliphatic rings. The first-order valence-corrected chi connectivity index (χ1v) is 20.8. The molecule has 10 rings (SSSR count). The monoisotopic (exact) mass is 826 g/mol. The normalized spacial score (nSPS) is 24.4. The SMILES string of the molecule is Cn1nc(C2CCC(=O)NC2=O)c2cccc(N3CCCC4(CCCN(c5ncc(Cl)c(Nc6ccc7c(c6)c6c(c(=O)n7C)OCC(F)(F)C(C7CC7)N6)n5)C4)C3)c21. The van der Waals surface area contributed by atoms with Crippen LogP contribution in [0.4, 0.5) is 37.6 Å². The number of aromatic nitrogens is 5. The first-order valence-electron chi connectivity index (χ1n) is 20.4. The summed E-state index contributed by atoms with van der Waals surface area (Å²) in [5.74, 6) is -3.51. The van der Waals surface area contributed by atoms with E-state index in [4.69, 9.17) is 26.4 Å². The van der Waals surface area contributed by atoms with Crippen LogP contribution in [0.1, 0.15) is 63.0 Å². The van der Waals surface area contributed by atoms with E-state index in [-0.39, 0.29) is 34.6 Å². The van der Waals surface area contributed by atoms with Gasteiger partial charge >= 0.3 is 5.92 Å². The maximum atomic E-state index is 15.2. The smallest absolute Gasteiger partial charge is 0.301 e. The third kappa shape index (κ3) is 6.59. The maximum Gasteiger partial charge on any atom is 0.301 e. The molecule has 3 N–H and O–H groups in total. The van der Waals surface area contributed by atoms with Crippen molar-refractivity contribution in [3.8, 4) is 5.75 Å². The van der Waals surface area contributed by atoms with Gasteiger partial charge in [-0.2, -0.15) is 10.1 Å². The predicted molar refractivity (Wildman–Crippen MR) is 221 cm³/mol. The average Bonchev–Trinajstić information content (AvgIpc) is 4.02. The van der Waals surface area contributed by atoms with E-state index >= 15 is 8.78 Å². The molecule has 4 fully saturated rings. The molecule has 1 spiro atoms. The van der Waals surface area contributed by atoms with Crippen molar-refractivity contribution in [2.75, 3.05) is 53.2 Å². The van der Waals surface area contributed by atoms with E-state index in [1.165, 1.54) is 4.57 Å². The van der Waals surface area contributed by atoms with Gasteiger partial charge in [-0.3, -0.25) is 24.4 Å². The second-order valence-electron chi connectivity index (χ2n) is 17.0. The van der Waals surface area contributed by atoms with Crippen LogP contribution < -0.4 is 36.0 Å². The molecule has 3 aromatic heterocycles. The van der Waals surface area contributed by atoms with Gasteiger partial charge in [0, 0.05) is 68.6 Å². The molecule has 17 heteroatoms. The lowest BCUT2D eigenvalue weighted by molar-refractivity contribution is -0.134. The Morgan fingerprint density at radius 2 is 1.76 bits per heavy atom. The zero-order valence-electron chi connectivity index (χ0n) is 32.9. The molecule has 2 aromatic carbocycles. The molecule has 1 saturated carbocycles. The summed E-state index contributed by atoms with van der Waals surface area (Å²) < 4.78 is 39.3. The summed E-state index contributed by atoms with van der Waals surface area (Å²) in [5.41, 5.74) is 3.69. The van der Waals surface area contributed by atoms with Crippen LogP contribution in [0.3, 0.4) is 0 Å². The van der Waals surface area contributed by atoms with Gasteiger partial charge in [0.2, 0.25) is 23.5 Å². The van der Waals surface area contributed by atoms with Crippen molar-refractivity contribution in [1.29, 1.82) is 0 Å². The Labute approximate surface area is 343 Å². The quantitative estimate of drug-likeness (QED) is 0.167. The van der Waals surface area contributed by atoms with Crippen molar-refractivity contribution in [2.24, 2.45) is 25.4 Å². The third-order valence-electron chi connectivity index (χ3n) is 13.0. The number of hydrogen-bond acceptors (Lipinski definition) is 11. The fourth-order valence-electron chi connectivity index (χ4n) is 9.96. The first-order chi connectivity index (χ1) is 28.4. The zero-order valence-corrected chi connectivity index (χ0v) is 33.6. The van der Waals surface area contributed by atoms with Crippen molar-refractivity contribution in [1.82, 2.24) is 29.6 Å². The second kappa shape index (κ2) is 14.1. The fraction of sp³-hybridized carbons (Fsp3) is 0.476. The molecule has 4 aliphatic heterocycles. The van der Waals surface area contributed by atoms with Crippen molar-refractivity contribution in [2.45, 2.75) is 69.2 Å². The molecule has 1 aliphatic carbocycles. The molecule has 308 valence electrons. The highest BCUT2D eigenvalue weighted by molar-refractivity contribution is 6.33. The highest BCUT2D eigenvalue weighted by atomic mass is 35.5. The number of halogens is 3. The summed E-state index contributed by atoms with van der Waals surface area (Å²) in [4.78, 5) is 52.3. The minimum atomic E-state index is -3.14. The van der Waals surface area contributed by atoms with Crippen LogP contribution in [0.2, 0.25) is 5.02 Å². The zero-order chi connectivity index (χ0) is 40.8. The Kier molecular flexibility index (Phi) is 8.99. The van der Waals surface area contributed by atoms with E-state index in [1.807, 2.05) is 23.9 Å². The predicted octanol–water partition coefficient (Wildman–Crippen LogP) is 6.24. The number of rotatable bonds is 6. The molecule has 3 unspecified atom stereocenters. The number of carbonyl (C=O) groups excluding carboxylic acids is 2. The molecule has 3 atom stereocenters. The number of piperidine rings is 3. The van der Waals surface area contributed by atoms with Crippen molar-refractivity contribution in [3.05, 3.63) is 63.7 Å². The van der Waals surface area contributed by atoms with Crippen LogP contribution in [0.25, 0.3) is 21.8 Å². The Morgan fingerprint density at radius 3 is 2.54 bits per heavy atom. The van der Waals surface area contributed by atoms with Gasteiger partial charge in [0.15, 0.2) is 12.4 Å². The van der Waals surface area contributed by atoms with Gasteiger partial charge in [-0.15, -0.1) is 0 Å². The largest absolute Gasteiger partial charge is 0.480 e. The molecule has 0 bridgehead atoms. The standard InChI is InChI=1S/C42H45ClF2N10O4/c1-52-29-12-10-24(18-27(29)33-35(39(52)58)59-22-42(44,45)36(49-33)23-8-9-23)47-37-28(43)19-46-40(50-37)55-17-5-15-41(21-55)14-4-16-54(20-41)30-7-3-6-25-32(51-53(2)34(25)30)26-11-13-31(56)48-38(26)57/h3,6-7,10,12,18-19,23,26,36,49H,4-5,8-9,11,13-17,20-22H2,1-2H3,(H,46,47,50)(H,48,56,57). The minimum Gasteiger partial charge on any atom is -0.480 e. The maximum absolute atomic E-state index is 15.2. The molecule has 2 amide bonds. The number of fused-ring (bicyclic) bond motifs is 4. The first kappa shape index (κ1) is 37.7. The third-order valence-corrected chi connectivity index (χ3v) is 13.3. The van der Waals surface area contributed by atoms with Crippen molar-refractivity contribution >= 4 is 74.0 Å². The molecule has 7 heterocycles. The molecule has 3 saturated heterocycles. The number of aryl methyl sites for hydroxylation is 2. The van der Waals surface area contributed by atoms with Gasteiger partial charge < -0.3 is 29.7 Å². The lowest BCUT2D eigenvalue weighted by atomic mass is 9.73. The van der Waals surface area contributed by atoms with E-state index in [0.717, 1.165) is 68.5 Å². The van der Waals surface area contributed by atoms with Gasteiger partial charge in [0.1, 0.15) is 5.02 Å². The highest BCUT2D eigenvalue weighted by Gasteiger charge is 2.51. The van der Waals surface area contributed by atoms with Crippen LogP contribution >= 0.6 is 11.6 Å². The number of benzene rings is 2. The van der Waals surface area contributed by atoms with E-state index in [1.54, 1.807) is 31.4 Å². The van der Waals surface area contributed by atoms with Crippen LogP contribution in [0.15, 0.2) is 47.4 Å².